The summed E-state index contributed by atoms with van der Waals surface area (Å²) in [5.74, 6) is -1.80. The maximum absolute atomic E-state index is 12.1. The number of aliphatic carboxylic acids is 1. The van der Waals surface area contributed by atoms with Crippen LogP contribution in [0, 0.1) is 0 Å². The van der Waals surface area contributed by atoms with E-state index in [0.717, 1.165) is 11.0 Å². The number of hydrogen-bond donors (Lipinski definition) is 3. The Kier molecular flexibility index (Phi) is 6.93. The topological polar surface area (TPSA) is 108 Å². The first kappa shape index (κ1) is 19.7. The quantitative estimate of drug-likeness (QED) is 0.494. The molecule has 0 radical (unpaired) electrons. The van der Waals surface area contributed by atoms with Gasteiger partial charge in [-0.15, -0.1) is 23.1 Å². The monoisotopic (exact) mass is 391 g/mol. The normalized spacial score (nSPS) is 12.3. The number of thioether (sulfide) groups is 1. The van der Waals surface area contributed by atoms with E-state index >= 15 is 0 Å². The number of nitrogens with zero attached hydrogens (tertiary/aromatic N) is 1. The zero-order valence-electron chi connectivity index (χ0n) is 14.1. The number of amides is 2. The van der Waals surface area contributed by atoms with Gasteiger partial charge in [-0.2, -0.15) is 0 Å². The lowest BCUT2D eigenvalue weighted by atomic mass is 10.2. The van der Waals surface area contributed by atoms with Crippen molar-refractivity contribution < 1.29 is 19.5 Å². The average molecular weight is 391 g/mol. The Morgan fingerprint density at radius 2 is 1.92 bits per heavy atom. The van der Waals surface area contributed by atoms with Crippen LogP contribution in [0.5, 0.6) is 0 Å². The molecule has 1 aromatic carbocycles. The Bertz CT molecular complexity index is 817. The fourth-order valence-electron chi connectivity index (χ4n) is 1.80. The van der Waals surface area contributed by atoms with Gasteiger partial charge in [0.25, 0.3) is 0 Å². The Morgan fingerprint density at radius 3 is 2.50 bits per heavy atom. The van der Waals surface area contributed by atoms with E-state index in [1.807, 2.05) is 0 Å². The van der Waals surface area contributed by atoms with Gasteiger partial charge in [0.15, 0.2) is 5.13 Å². The van der Waals surface area contributed by atoms with Crippen molar-refractivity contribution in [2.45, 2.75) is 24.0 Å². The van der Waals surface area contributed by atoms with Gasteiger partial charge in [0.2, 0.25) is 11.8 Å². The molecule has 1 aromatic heterocycles. The predicted octanol–water partition coefficient (Wildman–Crippen LogP) is 3.23. The molecule has 3 N–H and O–H groups in total. The van der Waals surface area contributed by atoms with Gasteiger partial charge in [-0.1, -0.05) is 0 Å². The number of carboxylic acid groups (broad SMARTS) is 1. The third kappa shape index (κ3) is 6.01. The molecule has 2 aromatic rings. The van der Waals surface area contributed by atoms with Crippen LogP contribution in [0.25, 0.3) is 0 Å². The van der Waals surface area contributed by atoms with Crippen molar-refractivity contribution in [3.63, 3.8) is 0 Å². The maximum Gasteiger partial charge on any atom is 0.331 e. The second-order valence-electron chi connectivity index (χ2n) is 5.23. The van der Waals surface area contributed by atoms with E-state index in [4.69, 9.17) is 5.11 Å². The highest BCUT2D eigenvalue weighted by Gasteiger charge is 2.15. The minimum Gasteiger partial charge on any atom is -0.478 e. The van der Waals surface area contributed by atoms with E-state index in [9.17, 15) is 14.4 Å². The number of anilines is 2. The summed E-state index contributed by atoms with van der Waals surface area (Å²) in [6, 6.07) is 6.94. The number of hydrogen-bond acceptors (Lipinski definition) is 6. The Hall–Kier alpha value is -2.65. The highest BCUT2D eigenvalue weighted by molar-refractivity contribution is 8.00. The van der Waals surface area contributed by atoms with Crippen molar-refractivity contribution in [3.8, 4) is 0 Å². The molecule has 9 heteroatoms. The number of aromatic nitrogens is 1. The van der Waals surface area contributed by atoms with Gasteiger partial charge in [-0.3, -0.25) is 9.59 Å². The Morgan fingerprint density at radius 1 is 1.23 bits per heavy atom. The van der Waals surface area contributed by atoms with Crippen molar-refractivity contribution in [2.75, 3.05) is 10.6 Å². The molecule has 2 amide bonds. The average Bonchev–Trinajstić information content (AvgIpc) is 3.09. The summed E-state index contributed by atoms with van der Waals surface area (Å²) >= 11 is 2.73. The van der Waals surface area contributed by atoms with Crippen LogP contribution in [0.2, 0.25) is 0 Å². The molecule has 2 rings (SSSR count). The summed E-state index contributed by atoms with van der Waals surface area (Å²) in [6.45, 7) is 3.14. The molecule has 1 atom stereocenters. The van der Waals surface area contributed by atoms with Gasteiger partial charge in [-0.25, -0.2) is 9.78 Å². The zero-order valence-corrected chi connectivity index (χ0v) is 15.7. The third-order valence-corrected chi connectivity index (χ3v) is 4.95. The lowest BCUT2D eigenvalue weighted by molar-refractivity contribution is -0.132. The summed E-state index contributed by atoms with van der Waals surface area (Å²) in [6.07, 6.45) is 2.65. The van der Waals surface area contributed by atoms with Crippen LogP contribution in [-0.4, -0.2) is 33.1 Å². The highest BCUT2D eigenvalue weighted by atomic mass is 32.2. The van der Waals surface area contributed by atoms with Gasteiger partial charge in [0.05, 0.1) is 5.25 Å². The minimum atomic E-state index is -1.14. The molecule has 0 fully saturated rings. The van der Waals surface area contributed by atoms with Crippen LogP contribution in [0.4, 0.5) is 10.8 Å². The number of carbonyl (C=O) groups excluding carboxylic acids is 2. The molecule has 0 aliphatic carbocycles. The maximum atomic E-state index is 12.1. The first-order valence-electron chi connectivity index (χ1n) is 7.55. The first-order chi connectivity index (χ1) is 12.3. The van der Waals surface area contributed by atoms with Crippen LogP contribution in [0.1, 0.15) is 13.8 Å². The van der Waals surface area contributed by atoms with Crippen molar-refractivity contribution in [1.82, 2.24) is 4.98 Å². The van der Waals surface area contributed by atoms with Crippen LogP contribution in [0.3, 0.4) is 0 Å². The van der Waals surface area contributed by atoms with Crippen LogP contribution < -0.4 is 10.6 Å². The Balaban J connectivity index is 1.90. The standard InChI is InChI=1S/C17H17N3O4S2/c1-10(16(23)24)9-14(21)19-12-3-5-13(6-4-12)26-11(2)15(22)20-17-18-7-8-25-17/h3-9,11H,1-2H3,(H,19,21)(H,23,24)(H,18,20,22). The third-order valence-electron chi connectivity index (χ3n) is 3.15. The second-order valence-corrected chi connectivity index (χ2v) is 7.54. The fraction of sp³-hybridized carbons (Fsp3) is 0.176. The number of carboxylic acids is 1. The van der Waals surface area contributed by atoms with Gasteiger partial charge < -0.3 is 15.7 Å². The first-order valence-corrected chi connectivity index (χ1v) is 9.30. The van der Waals surface area contributed by atoms with Gasteiger partial charge in [0.1, 0.15) is 0 Å². The second kappa shape index (κ2) is 9.16. The Labute approximate surface area is 158 Å². The molecule has 0 aliphatic heterocycles. The summed E-state index contributed by atoms with van der Waals surface area (Å²) < 4.78 is 0. The number of carbonyl (C=O) groups is 3. The van der Waals surface area contributed by atoms with Crippen molar-refractivity contribution in [1.29, 1.82) is 0 Å². The molecule has 0 saturated carbocycles. The summed E-state index contributed by atoms with van der Waals surface area (Å²) in [7, 11) is 0. The molecule has 136 valence electrons. The van der Waals surface area contributed by atoms with E-state index in [1.165, 1.54) is 30.0 Å². The minimum absolute atomic E-state index is 0.0465. The molecule has 0 bridgehead atoms. The molecule has 26 heavy (non-hydrogen) atoms. The molecular weight excluding hydrogens is 374 g/mol. The molecule has 0 spiro atoms. The zero-order chi connectivity index (χ0) is 19.1. The molecule has 0 saturated heterocycles. The van der Waals surface area contributed by atoms with Crippen LogP contribution in [0.15, 0.2) is 52.4 Å². The fourth-order valence-corrected chi connectivity index (χ4v) is 3.20. The molecule has 7 nitrogen and oxygen atoms in total. The lowest BCUT2D eigenvalue weighted by Crippen LogP contribution is -2.22. The van der Waals surface area contributed by atoms with E-state index in [0.29, 0.717) is 10.8 Å². The van der Waals surface area contributed by atoms with E-state index < -0.39 is 11.9 Å². The SMILES string of the molecule is CC(=CC(=O)Nc1ccc(SC(C)C(=O)Nc2nccs2)cc1)C(=O)O. The van der Waals surface area contributed by atoms with Crippen molar-refractivity contribution in [3.05, 3.63) is 47.5 Å². The van der Waals surface area contributed by atoms with E-state index in [-0.39, 0.29) is 16.7 Å². The van der Waals surface area contributed by atoms with E-state index in [1.54, 1.807) is 42.8 Å². The van der Waals surface area contributed by atoms with Crippen molar-refractivity contribution >= 4 is 51.7 Å². The predicted molar refractivity (Wildman–Crippen MR) is 103 cm³/mol. The number of nitrogens with one attached hydrogen (secondary N) is 2. The van der Waals surface area contributed by atoms with Gasteiger partial charge >= 0.3 is 5.97 Å². The highest BCUT2D eigenvalue weighted by Crippen LogP contribution is 2.26. The van der Waals surface area contributed by atoms with E-state index in [2.05, 4.69) is 15.6 Å². The summed E-state index contributed by atoms with van der Waals surface area (Å²) in [5.41, 5.74) is 0.489. The number of rotatable bonds is 7. The smallest absolute Gasteiger partial charge is 0.331 e. The number of benzene rings is 1. The van der Waals surface area contributed by atoms with Gasteiger partial charge in [-0.05, 0) is 38.1 Å². The largest absolute Gasteiger partial charge is 0.478 e. The van der Waals surface area contributed by atoms with Crippen LogP contribution in [-0.2, 0) is 14.4 Å². The molecule has 1 unspecified atom stereocenters. The number of thiazole rings is 1. The van der Waals surface area contributed by atoms with Crippen molar-refractivity contribution in [2.24, 2.45) is 0 Å². The lowest BCUT2D eigenvalue weighted by Gasteiger charge is -2.11. The molecular formula is C17H17N3O4S2. The van der Waals surface area contributed by atoms with Crippen LogP contribution >= 0.6 is 23.1 Å². The van der Waals surface area contributed by atoms with Gasteiger partial charge in [0, 0.05) is 33.8 Å². The molecule has 0 aliphatic rings. The summed E-state index contributed by atoms with van der Waals surface area (Å²) in [4.78, 5) is 39.4. The summed E-state index contributed by atoms with van der Waals surface area (Å²) in [5, 5.41) is 16.1. The molecule has 1 heterocycles.